The molecule has 0 amide bonds. The van der Waals surface area contributed by atoms with Gasteiger partial charge in [-0.05, 0) is 37.8 Å². The SMILES string of the molecule is CC1CCN(c2cccc3ccccc23)CCCN1. The van der Waals surface area contributed by atoms with E-state index in [1.165, 1.54) is 29.3 Å². The molecule has 1 atom stereocenters. The maximum absolute atomic E-state index is 3.57. The molecule has 3 rings (SSSR count). The number of nitrogens with one attached hydrogen (secondary N) is 1. The van der Waals surface area contributed by atoms with Crippen molar-refractivity contribution in [2.45, 2.75) is 25.8 Å². The van der Waals surface area contributed by atoms with Crippen molar-refractivity contribution in [1.82, 2.24) is 5.32 Å². The summed E-state index contributed by atoms with van der Waals surface area (Å²) in [5, 5.41) is 6.29. The Bertz CT molecular complexity index is 544. The van der Waals surface area contributed by atoms with Crippen LogP contribution >= 0.6 is 0 Å². The molecule has 2 nitrogen and oxygen atoms in total. The maximum Gasteiger partial charge on any atom is 0.0445 e. The largest absolute Gasteiger partial charge is 0.371 e. The lowest BCUT2D eigenvalue weighted by molar-refractivity contribution is 0.475. The average molecular weight is 254 g/mol. The fourth-order valence-corrected chi connectivity index (χ4v) is 2.91. The van der Waals surface area contributed by atoms with Crippen LogP contribution in [0, 0.1) is 0 Å². The molecule has 2 aromatic carbocycles. The van der Waals surface area contributed by atoms with Crippen molar-refractivity contribution in [1.29, 1.82) is 0 Å². The quantitative estimate of drug-likeness (QED) is 0.839. The minimum atomic E-state index is 0.623. The molecule has 1 aliphatic rings. The van der Waals surface area contributed by atoms with Crippen LogP contribution in [0.5, 0.6) is 0 Å². The fraction of sp³-hybridized carbons (Fsp3) is 0.412. The lowest BCUT2D eigenvalue weighted by atomic mass is 10.1. The van der Waals surface area contributed by atoms with Gasteiger partial charge in [-0.15, -0.1) is 0 Å². The normalized spacial score (nSPS) is 21.1. The molecule has 100 valence electrons. The predicted molar refractivity (Wildman–Crippen MR) is 82.9 cm³/mol. The zero-order valence-electron chi connectivity index (χ0n) is 11.6. The molecule has 2 heteroatoms. The van der Waals surface area contributed by atoms with Gasteiger partial charge >= 0.3 is 0 Å². The molecule has 0 saturated carbocycles. The molecule has 0 aromatic heterocycles. The zero-order valence-corrected chi connectivity index (χ0v) is 11.6. The molecule has 1 heterocycles. The number of benzene rings is 2. The third-order valence-corrected chi connectivity index (χ3v) is 4.04. The highest BCUT2D eigenvalue weighted by molar-refractivity contribution is 5.94. The van der Waals surface area contributed by atoms with Crippen LogP contribution in [0.4, 0.5) is 5.69 Å². The molecular formula is C17H22N2. The van der Waals surface area contributed by atoms with Crippen LogP contribution in [0.2, 0.25) is 0 Å². The Hall–Kier alpha value is -1.54. The monoisotopic (exact) mass is 254 g/mol. The van der Waals surface area contributed by atoms with Gasteiger partial charge in [0.2, 0.25) is 0 Å². The van der Waals surface area contributed by atoms with Gasteiger partial charge in [0.1, 0.15) is 0 Å². The van der Waals surface area contributed by atoms with Gasteiger partial charge in [-0.3, -0.25) is 0 Å². The molecule has 1 fully saturated rings. The van der Waals surface area contributed by atoms with Crippen molar-refractivity contribution in [2.24, 2.45) is 0 Å². The summed E-state index contributed by atoms with van der Waals surface area (Å²) >= 11 is 0. The van der Waals surface area contributed by atoms with E-state index in [0.29, 0.717) is 6.04 Å². The van der Waals surface area contributed by atoms with Crippen LogP contribution in [0.25, 0.3) is 10.8 Å². The number of anilines is 1. The molecule has 19 heavy (non-hydrogen) atoms. The first-order valence-electron chi connectivity index (χ1n) is 7.31. The molecule has 1 aliphatic heterocycles. The first kappa shape index (κ1) is 12.5. The lowest BCUT2D eigenvalue weighted by Crippen LogP contribution is -2.38. The van der Waals surface area contributed by atoms with Crippen molar-refractivity contribution >= 4 is 16.5 Å². The highest BCUT2D eigenvalue weighted by Gasteiger charge is 2.13. The molecule has 0 spiro atoms. The van der Waals surface area contributed by atoms with Crippen molar-refractivity contribution < 1.29 is 0 Å². The summed E-state index contributed by atoms with van der Waals surface area (Å²) in [4.78, 5) is 2.56. The molecule has 0 radical (unpaired) electrons. The minimum Gasteiger partial charge on any atom is -0.371 e. The predicted octanol–water partition coefficient (Wildman–Crippen LogP) is 3.42. The van der Waals surface area contributed by atoms with E-state index in [-0.39, 0.29) is 0 Å². The first-order valence-corrected chi connectivity index (χ1v) is 7.31. The van der Waals surface area contributed by atoms with E-state index < -0.39 is 0 Å². The lowest BCUT2D eigenvalue weighted by Gasteiger charge is -2.30. The van der Waals surface area contributed by atoms with Gasteiger partial charge in [0, 0.05) is 30.2 Å². The maximum atomic E-state index is 3.57. The molecule has 0 aliphatic carbocycles. The second kappa shape index (κ2) is 5.62. The smallest absolute Gasteiger partial charge is 0.0445 e. The Morgan fingerprint density at radius 3 is 2.84 bits per heavy atom. The Morgan fingerprint density at radius 2 is 1.89 bits per heavy atom. The van der Waals surface area contributed by atoms with E-state index in [9.17, 15) is 0 Å². The van der Waals surface area contributed by atoms with Crippen LogP contribution in [0.15, 0.2) is 42.5 Å². The Balaban J connectivity index is 1.93. The standard InChI is InChI=1S/C17H22N2/c1-14-10-13-19(12-5-11-18-14)17-9-4-7-15-6-2-3-8-16(15)17/h2-4,6-9,14,18H,5,10-13H2,1H3. The summed E-state index contributed by atoms with van der Waals surface area (Å²) in [6, 6.07) is 16.0. The topological polar surface area (TPSA) is 15.3 Å². The molecule has 1 unspecified atom stereocenters. The Morgan fingerprint density at radius 1 is 1.05 bits per heavy atom. The first-order chi connectivity index (χ1) is 9.34. The van der Waals surface area contributed by atoms with Crippen LogP contribution in [0.3, 0.4) is 0 Å². The zero-order chi connectivity index (χ0) is 13.1. The summed E-state index contributed by atoms with van der Waals surface area (Å²) in [6.45, 7) is 5.70. The fourth-order valence-electron chi connectivity index (χ4n) is 2.91. The molecular weight excluding hydrogens is 232 g/mol. The summed E-state index contributed by atoms with van der Waals surface area (Å²) in [5.41, 5.74) is 1.40. The Labute approximate surface area is 115 Å². The van der Waals surface area contributed by atoms with Gasteiger partial charge in [0.05, 0.1) is 0 Å². The van der Waals surface area contributed by atoms with E-state index in [4.69, 9.17) is 0 Å². The summed E-state index contributed by atoms with van der Waals surface area (Å²) < 4.78 is 0. The van der Waals surface area contributed by atoms with Gasteiger partial charge in [-0.1, -0.05) is 36.4 Å². The second-order valence-corrected chi connectivity index (χ2v) is 5.48. The highest BCUT2D eigenvalue weighted by Crippen LogP contribution is 2.27. The van der Waals surface area contributed by atoms with E-state index in [2.05, 4.69) is 59.6 Å². The van der Waals surface area contributed by atoms with Crippen molar-refractivity contribution in [2.75, 3.05) is 24.5 Å². The van der Waals surface area contributed by atoms with Crippen LogP contribution in [-0.4, -0.2) is 25.7 Å². The van der Waals surface area contributed by atoms with Crippen LogP contribution in [-0.2, 0) is 0 Å². The molecule has 2 aromatic rings. The summed E-state index contributed by atoms with van der Waals surface area (Å²) in [5.74, 6) is 0. The highest BCUT2D eigenvalue weighted by atomic mass is 15.1. The summed E-state index contributed by atoms with van der Waals surface area (Å²) in [7, 11) is 0. The van der Waals surface area contributed by atoms with Gasteiger partial charge < -0.3 is 10.2 Å². The molecule has 1 N–H and O–H groups in total. The van der Waals surface area contributed by atoms with E-state index in [1.807, 2.05) is 0 Å². The molecule has 0 bridgehead atoms. The van der Waals surface area contributed by atoms with Gasteiger partial charge in [-0.2, -0.15) is 0 Å². The average Bonchev–Trinajstić information content (AvgIpc) is 2.43. The summed E-state index contributed by atoms with van der Waals surface area (Å²) in [6.07, 6.45) is 2.43. The number of hydrogen-bond donors (Lipinski definition) is 1. The van der Waals surface area contributed by atoms with E-state index in [1.54, 1.807) is 0 Å². The van der Waals surface area contributed by atoms with Gasteiger partial charge in [-0.25, -0.2) is 0 Å². The van der Waals surface area contributed by atoms with Crippen LogP contribution in [0.1, 0.15) is 19.8 Å². The molecule has 1 saturated heterocycles. The van der Waals surface area contributed by atoms with Crippen molar-refractivity contribution in [3.8, 4) is 0 Å². The van der Waals surface area contributed by atoms with Crippen molar-refractivity contribution in [3.63, 3.8) is 0 Å². The Kier molecular flexibility index (Phi) is 3.69. The van der Waals surface area contributed by atoms with E-state index >= 15 is 0 Å². The van der Waals surface area contributed by atoms with Crippen molar-refractivity contribution in [3.05, 3.63) is 42.5 Å². The third kappa shape index (κ3) is 2.74. The van der Waals surface area contributed by atoms with Gasteiger partial charge in [0.25, 0.3) is 0 Å². The second-order valence-electron chi connectivity index (χ2n) is 5.48. The number of fused-ring (bicyclic) bond motifs is 1. The third-order valence-electron chi connectivity index (χ3n) is 4.04. The minimum absolute atomic E-state index is 0.623. The van der Waals surface area contributed by atoms with Gasteiger partial charge in [0.15, 0.2) is 0 Å². The van der Waals surface area contributed by atoms with Crippen LogP contribution < -0.4 is 10.2 Å². The number of hydrogen-bond acceptors (Lipinski definition) is 2. The number of rotatable bonds is 1. The number of nitrogens with zero attached hydrogens (tertiary/aromatic N) is 1. The van der Waals surface area contributed by atoms with E-state index in [0.717, 1.165) is 19.6 Å².